The van der Waals surface area contributed by atoms with Crippen molar-refractivity contribution in [1.82, 2.24) is 9.47 Å². The van der Waals surface area contributed by atoms with E-state index in [1.807, 2.05) is 0 Å². The quantitative estimate of drug-likeness (QED) is 0.197. The highest BCUT2D eigenvalue weighted by atomic mass is 15.4. The number of aromatic nitrogens is 1. The van der Waals surface area contributed by atoms with Crippen molar-refractivity contribution >= 4 is 44.6 Å². The Balaban J connectivity index is 1.32. The molecule has 5 aromatic carbocycles. The van der Waals surface area contributed by atoms with Crippen molar-refractivity contribution < 1.29 is 0 Å². The van der Waals surface area contributed by atoms with Crippen molar-refractivity contribution in [3.63, 3.8) is 0 Å². The van der Waals surface area contributed by atoms with Crippen molar-refractivity contribution in [3.8, 4) is 5.69 Å². The fourth-order valence-corrected chi connectivity index (χ4v) is 8.23. The van der Waals surface area contributed by atoms with Crippen LogP contribution in [0.25, 0.3) is 27.5 Å². The van der Waals surface area contributed by atoms with Gasteiger partial charge in [-0.1, -0.05) is 69.3 Å². The van der Waals surface area contributed by atoms with Crippen molar-refractivity contribution in [2.45, 2.75) is 38.5 Å². The number of hydrogen-bond acceptors (Lipinski definition) is 4. The van der Waals surface area contributed by atoms with Crippen LogP contribution in [0.4, 0.5) is 22.7 Å². The second-order valence-corrected chi connectivity index (χ2v) is 14.8. The average molecular weight is 616 g/mol. The van der Waals surface area contributed by atoms with Crippen LogP contribution in [0.15, 0.2) is 116 Å². The minimum absolute atomic E-state index is 0.0703. The molecule has 1 aromatic heterocycles. The van der Waals surface area contributed by atoms with E-state index in [-0.39, 0.29) is 5.41 Å². The van der Waals surface area contributed by atoms with Crippen LogP contribution in [-0.4, -0.2) is 36.9 Å². The zero-order valence-corrected chi connectivity index (χ0v) is 28.1. The molecule has 0 bridgehead atoms. The number of para-hydroxylation sites is 3. The summed E-state index contributed by atoms with van der Waals surface area (Å²) in [6.45, 7) is 11.0. The number of nitrogens with zero attached hydrogens (tertiary/aromatic N) is 5. The Morgan fingerprint density at radius 2 is 1.45 bits per heavy atom. The summed E-state index contributed by atoms with van der Waals surface area (Å²) in [6.07, 6.45) is 4.34. The van der Waals surface area contributed by atoms with Gasteiger partial charge < -0.3 is 24.2 Å². The lowest BCUT2D eigenvalue weighted by atomic mass is 9.68. The molecular weight excluding hydrogens is 574 g/mol. The molecule has 0 saturated heterocycles. The summed E-state index contributed by atoms with van der Waals surface area (Å²) in [5.74, 6) is 0. The Hall–Kier alpha value is -5.16. The van der Waals surface area contributed by atoms with Crippen molar-refractivity contribution in [2.75, 3.05) is 42.1 Å². The number of hydrogen-bond donors (Lipinski definition) is 0. The lowest BCUT2D eigenvalue weighted by molar-refractivity contribution is 0.495. The van der Waals surface area contributed by atoms with E-state index in [0.29, 0.717) is 0 Å². The molecule has 1 unspecified atom stereocenters. The minimum Gasteiger partial charge on any atom is -0.361 e. The van der Waals surface area contributed by atoms with E-state index in [4.69, 9.17) is 0 Å². The predicted octanol–water partition coefficient (Wildman–Crippen LogP) is 9.47. The van der Waals surface area contributed by atoms with E-state index in [1.54, 1.807) is 0 Å². The van der Waals surface area contributed by atoms with Gasteiger partial charge in [0, 0.05) is 54.1 Å². The fourth-order valence-electron chi connectivity index (χ4n) is 8.23. The van der Waals surface area contributed by atoms with Gasteiger partial charge >= 0.3 is 0 Å². The number of fused-ring (bicyclic) bond motifs is 6. The maximum atomic E-state index is 2.54. The number of anilines is 4. The van der Waals surface area contributed by atoms with Crippen LogP contribution in [0, 0.1) is 0 Å². The molecule has 0 spiro atoms. The van der Waals surface area contributed by atoms with E-state index in [1.165, 1.54) is 72.5 Å². The largest absolute Gasteiger partial charge is 0.361 e. The Kier molecular flexibility index (Phi) is 5.78. The van der Waals surface area contributed by atoms with Crippen LogP contribution >= 0.6 is 0 Å². The Bertz CT molecular complexity index is 2270. The molecule has 0 fully saturated rings. The standard InChI is InChI=1S/C42H41N5/c1-41(2,3)28-17-19-36-33(24-28)32-13-10-14-34-40(32)47(36)37-20-18-30(45-22-21-43(5)26-45)25-35(37)42(34,4)29-11-9-12-31(23-29)46-27-44(6)38-15-7-8-16-39(38)46/h7-25H,26-27H2,1-6H3. The molecule has 5 nitrogen and oxygen atoms in total. The van der Waals surface area contributed by atoms with Gasteiger partial charge in [-0.2, -0.15) is 0 Å². The van der Waals surface area contributed by atoms with E-state index in [2.05, 4.69) is 181 Å². The zero-order chi connectivity index (χ0) is 32.2. The summed E-state index contributed by atoms with van der Waals surface area (Å²) >= 11 is 0. The monoisotopic (exact) mass is 615 g/mol. The average Bonchev–Trinajstić information content (AvgIpc) is 3.77. The second kappa shape index (κ2) is 9.68. The second-order valence-electron chi connectivity index (χ2n) is 14.8. The molecule has 0 N–H and O–H groups in total. The highest BCUT2D eigenvalue weighted by Gasteiger charge is 2.41. The van der Waals surface area contributed by atoms with Crippen LogP contribution in [0.2, 0.25) is 0 Å². The maximum absolute atomic E-state index is 2.54. The summed E-state index contributed by atoms with van der Waals surface area (Å²) < 4.78 is 2.54. The molecular formula is C42H41N5. The Labute approximate surface area is 277 Å². The molecule has 9 rings (SSSR count). The van der Waals surface area contributed by atoms with Crippen LogP contribution in [-0.2, 0) is 10.8 Å². The molecule has 6 aromatic rings. The van der Waals surface area contributed by atoms with Crippen LogP contribution in [0.3, 0.4) is 0 Å². The van der Waals surface area contributed by atoms with Gasteiger partial charge in [0.15, 0.2) is 0 Å². The van der Waals surface area contributed by atoms with Gasteiger partial charge in [0.25, 0.3) is 0 Å². The molecule has 0 radical (unpaired) electrons. The molecule has 0 aliphatic carbocycles. The number of benzene rings is 5. The third kappa shape index (κ3) is 3.95. The van der Waals surface area contributed by atoms with Crippen molar-refractivity contribution in [3.05, 3.63) is 138 Å². The first-order chi connectivity index (χ1) is 22.6. The summed E-state index contributed by atoms with van der Waals surface area (Å²) in [4.78, 5) is 9.34. The fraction of sp³-hybridized carbons (Fsp3) is 0.238. The van der Waals surface area contributed by atoms with Gasteiger partial charge in [-0.15, -0.1) is 0 Å². The third-order valence-corrected chi connectivity index (χ3v) is 10.8. The molecule has 3 aliphatic rings. The van der Waals surface area contributed by atoms with Crippen molar-refractivity contribution in [2.24, 2.45) is 0 Å². The number of rotatable bonds is 3. The SMILES string of the molecule is CN1C=CN(c2ccc3c(c2)C(C)(c2cccc(N4CN(C)c5ccccc54)c2)c2cccc4c5cc(C(C)(C)C)ccc5n-3c24)C1. The molecule has 0 saturated carbocycles. The topological polar surface area (TPSA) is 17.9 Å². The summed E-state index contributed by atoms with van der Waals surface area (Å²) in [5, 5.41) is 2.64. The van der Waals surface area contributed by atoms with Gasteiger partial charge in [-0.3, -0.25) is 0 Å². The molecule has 1 atom stereocenters. The first-order valence-corrected chi connectivity index (χ1v) is 16.7. The zero-order valence-electron chi connectivity index (χ0n) is 28.1. The predicted molar refractivity (Wildman–Crippen MR) is 198 cm³/mol. The molecule has 47 heavy (non-hydrogen) atoms. The summed E-state index contributed by atoms with van der Waals surface area (Å²) in [7, 11) is 4.31. The molecule has 3 aliphatic heterocycles. The molecule has 4 heterocycles. The maximum Gasteiger partial charge on any atom is 0.0950 e. The highest BCUT2D eigenvalue weighted by molar-refractivity contribution is 6.12. The van der Waals surface area contributed by atoms with E-state index in [0.717, 1.165) is 13.3 Å². The van der Waals surface area contributed by atoms with Gasteiger partial charge in [-0.05, 0) is 89.2 Å². The smallest absolute Gasteiger partial charge is 0.0950 e. The first-order valence-electron chi connectivity index (χ1n) is 16.7. The normalized spacial score (nSPS) is 18.5. The van der Waals surface area contributed by atoms with Crippen molar-refractivity contribution in [1.29, 1.82) is 0 Å². The van der Waals surface area contributed by atoms with Crippen LogP contribution in [0.5, 0.6) is 0 Å². The highest BCUT2D eigenvalue weighted by Crippen LogP contribution is 2.52. The summed E-state index contributed by atoms with van der Waals surface area (Å²) in [6, 6.07) is 39.2. The molecule has 0 amide bonds. The van der Waals surface area contributed by atoms with Gasteiger partial charge in [0.1, 0.15) is 0 Å². The Morgan fingerprint density at radius 1 is 0.638 bits per heavy atom. The van der Waals surface area contributed by atoms with Gasteiger partial charge in [0.2, 0.25) is 0 Å². The third-order valence-electron chi connectivity index (χ3n) is 10.8. The van der Waals surface area contributed by atoms with E-state index < -0.39 is 5.41 Å². The van der Waals surface area contributed by atoms with E-state index in [9.17, 15) is 0 Å². The van der Waals surface area contributed by atoms with Gasteiger partial charge in [-0.25, -0.2) is 0 Å². The van der Waals surface area contributed by atoms with Crippen LogP contribution in [0.1, 0.15) is 49.9 Å². The van der Waals surface area contributed by atoms with E-state index >= 15 is 0 Å². The van der Waals surface area contributed by atoms with Crippen LogP contribution < -0.4 is 14.7 Å². The molecule has 5 heteroatoms. The Morgan fingerprint density at radius 3 is 2.23 bits per heavy atom. The molecule has 234 valence electrons. The lowest BCUT2D eigenvalue weighted by Gasteiger charge is -2.39. The summed E-state index contributed by atoms with van der Waals surface area (Å²) in [5.41, 5.74) is 13.8. The minimum atomic E-state index is -0.390. The van der Waals surface area contributed by atoms with Gasteiger partial charge in [0.05, 0.1) is 41.4 Å². The lowest BCUT2D eigenvalue weighted by Crippen LogP contribution is -2.32. The first kappa shape index (κ1) is 28.1.